The maximum atomic E-state index is 13.0. The lowest BCUT2D eigenvalue weighted by Gasteiger charge is -2.35. The minimum atomic E-state index is -0.349. The predicted molar refractivity (Wildman–Crippen MR) is 101 cm³/mol. The summed E-state index contributed by atoms with van der Waals surface area (Å²) < 4.78 is 10.6. The Bertz CT molecular complexity index is 787. The summed E-state index contributed by atoms with van der Waals surface area (Å²) in [6.45, 7) is 5.12. The molecular formula is C19H25N5O3. The molecule has 8 nitrogen and oxygen atoms in total. The van der Waals surface area contributed by atoms with Crippen LogP contribution >= 0.6 is 0 Å². The van der Waals surface area contributed by atoms with Crippen LogP contribution in [0.15, 0.2) is 28.8 Å². The Morgan fingerprint density at radius 3 is 2.78 bits per heavy atom. The van der Waals surface area contributed by atoms with Crippen LogP contribution < -0.4 is 10.2 Å². The van der Waals surface area contributed by atoms with E-state index >= 15 is 0 Å². The average Bonchev–Trinajstić information content (AvgIpc) is 3.15. The highest BCUT2D eigenvalue weighted by molar-refractivity contribution is 5.93. The molecule has 2 saturated heterocycles. The molecule has 2 fully saturated rings. The fraction of sp³-hybridized carbons (Fsp3) is 0.526. The maximum absolute atomic E-state index is 13.0. The van der Waals surface area contributed by atoms with Crippen molar-refractivity contribution >= 4 is 17.4 Å². The normalized spacial score (nSPS) is 20.6. The monoisotopic (exact) mass is 371 g/mol. The Hall–Kier alpha value is -2.61. The van der Waals surface area contributed by atoms with Gasteiger partial charge >= 0.3 is 6.03 Å². The van der Waals surface area contributed by atoms with Crippen LogP contribution in [0.2, 0.25) is 0 Å². The van der Waals surface area contributed by atoms with Crippen molar-refractivity contribution in [2.45, 2.75) is 32.2 Å². The van der Waals surface area contributed by atoms with Crippen LogP contribution in [0.25, 0.3) is 0 Å². The van der Waals surface area contributed by atoms with Crippen molar-refractivity contribution in [3.05, 3.63) is 36.0 Å². The van der Waals surface area contributed by atoms with Crippen molar-refractivity contribution in [3.63, 3.8) is 0 Å². The van der Waals surface area contributed by atoms with Gasteiger partial charge in [-0.2, -0.15) is 4.98 Å². The first kappa shape index (κ1) is 17.8. The summed E-state index contributed by atoms with van der Waals surface area (Å²) in [6.07, 6.45) is 3.64. The van der Waals surface area contributed by atoms with Gasteiger partial charge in [0.1, 0.15) is 6.04 Å². The van der Waals surface area contributed by atoms with Crippen LogP contribution in [-0.4, -0.2) is 53.9 Å². The van der Waals surface area contributed by atoms with E-state index in [0.29, 0.717) is 31.5 Å². The molecule has 8 heteroatoms. The van der Waals surface area contributed by atoms with Crippen LogP contribution in [0.1, 0.15) is 37.0 Å². The van der Waals surface area contributed by atoms with Gasteiger partial charge in [0.25, 0.3) is 0 Å². The van der Waals surface area contributed by atoms with Crippen LogP contribution in [-0.2, 0) is 4.74 Å². The molecule has 27 heavy (non-hydrogen) atoms. The van der Waals surface area contributed by atoms with Gasteiger partial charge in [-0.25, -0.2) is 4.79 Å². The van der Waals surface area contributed by atoms with Crippen molar-refractivity contribution in [1.29, 1.82) is 0 Å². The highest BCUT2D eigenvalue weighted by Crippen LogP contribution is 2.30. The molecule has 2 aliphatic rings. The fourth-order valence-electron chi connectivity index (χ4n) is 3.69. The Morgan fingerprint density at radius 2 is 2.00 bits per heavy atom. The predicted octanol–water partition coefficient (Wildman–Crippen LogP) is 2.97. The third-order valence-electron chi connectivity index (χ3n) is 5.07. The summed E-state index contributed by atoms with van der Waals surface area (Å²) in [4.78, 5) is 21.4. The summed E-state index contributed by atoms with van der Waals surface area (Å²) in [6, 6.07) is 7.46. The number of nitrogens with one attached hydrogen (secondary N) is 1. The molecule has 0 radical (unpaired) electrons. The van der Waals surface area contributed by atoms with E-state index < -0.39 is 0 Å². The maximum Gasteiger partial charge on any atom is 0.322 e. The van der Waals surface area contributed by atoms with E-state index in [9.17, 15) is 4.79 Å². The first-order valence-electron chi connectivity index (χ1n) is 9.52. The highest BCUT2D eigenvalue weighted by Gasteiger charge is 2.32. The number of para-hydroxylation sites is 2. The Balaban J connectivity index is 1.52. The van der Waals surface area contributed by atoms with E-state index in [1.807, 2.05) is 18.2 Å². The summed E-state index contributed by atoms with van der Waals surface area (Å²) in [7, 11) is 0. The number of hydrogen-bond donors (Lipinski definition) is 1. The number of urea groups is 1. The minimum absolute atomic E-state index is 0.171. The molecule has 144 valence electrons. The van der Waals surface area contributed by atoms with Gasteiger partial charge in [0.15, 0.2) is 5.82 Å². The van der Waals surface area contributed by atoms with Crippen molar-refractivity contribution in [2.24, 2.45) is 0 Å². The molecular weight excluding hydrogens is 346 g/mol. The number of aryl methyl sites for hydroxylation is 1. The van der Waals surface area contributed by atoms with Gasteiger partial charge in [-0.15, -0.1) is 0 Å². The van der Waals surface area contributed by atoms with Gasteiger partial charge in [-0.05, 0) is 31.4 Å². The van der Waals surface area contributed by atoms with Crippen molar-refractivity contribution < 1.29 is 14.1 Å². The first-order valence-corrected chi connectivity index (χ1v) is 9.52. The van der Waals surface area contributed by atoms with Crippen LogP contribution in [0.5, 0.6) is 0 Å². The summed E-state index contributed by atoms with van der Waals surface area (Å²) in [5, 5.41) is 7.06. The number of piperidine rings is 1. The van der Waals surface area contributed by atoms with E-state index in [-0.39, 0.29) is 12.1 Å². The molecule has 0 aliphatic carbocycles. The van der Waals surface area contributed by atoms with Gasteiger partial charge in [0.05, 0.1) is 24.6 Å². The van der Waals surface area contributed by atoms with E-state index in [2.05, 4.69) is 26.4 Å². The van der Waals surface area contributed by atoms with Gasteiger partial charge in [0.2, 0.25) is 5.89 Å². The second-order valence-electron chi connectivity index (χ2n) is 6.95. The summed E-state index contributed by atoms with van der Waals surface area (Å²) in [5.41, 5.74) is 1.91. The number of amides is 2. The van der Waals surface area contributed by atoms with E-state index in [0.717, 1.165) is 24.5 Å². The van der Waals surface area contributed by atoms with Crippen LogP contribution in [0.3, 0.4) is 0 Å². The van der Waals surface area contributed by atoms with Gasteiger partial charge in [-0.1, -0.05) is 17.3 Å². The van der Waals surface area contributed by atoms with E-state index in [1.54, 1.807) is 11.8 Å². The zero-order valence-electron chi connectivity index (χ0n) is 15.6. The molecule has 1 unspecified atom stereocenters. The van der Waals surface area contributed by atoms with Crippen molar-refractivity contribution in [3.8, 4) is 0 Å². The Labute approximate surface area is 158 Å². The largest absolute Gasteiger partial charge is 0.377 e. The molecule has 0 bridgehead atoms. The van der Waals surface area contributed by atoms with E-state index in [1.165, 1.54) is 19.3 Å². The lowest BCUT2D eigenvalue weighted by Crippen LogP contribution is -2.46. The number of carbonyl (C=O) groups excluding carboxylic acids is 1. The number of ether oxygens (including phenoxy) is 1. The summed E-state index contributed by atoms with van der Waals surface area (Å²) >= 11 is 0. The highest BCUT2D eigenvalue weighted by atomic mass is 16.5. The van der Waals surface area contributed by atoms with Gasteiger partial charge < -0.3 is 24.4 Å². The number of anilines is 2. The van der Waals surface area contributed by atoms with Crippen molar-refractivity contribution in [1.82, 2.24) is 15.0 Å². The smallest absolute Gasteiger partial charge is 0.322 e. The molecule has 0 saturated carbocycles. The number of morpholine rings is 1. The van der Waals surface area contributed by atoms with Crippen LogP contribution in [0, 0.1) is 6.92 Å². The van der Waals surface area contributed by atoms with Gasteiger partial charge in [-0.3, -0.25) is 0 Å². The first-order chi connectivity index (χ1) is 13.2. The molecule has 1 atom stereocenters. The second-order valence-corrected chi connectivity index (χ2v) is 6.95. The third-order valence-corrected chi connectivity index (χ3v) is 5.07. The number of hydrogen-bond acceptors (Lipinski definition) is 6. The number of nitrogens with zero attached hydrogens (tertiary/aromatic N) is 4. The molecule has 2 amide bonds. The molecule has 1 aromatic carbocycles. The standard InChI is InChI=1S/C19H25N5O3/c1-14-20-18(22-27-14)17-13-26-12-11-24(17)19(25)21-15-7-3-4-8-16(15)23-9-5-2-6-10-23/h3-4,7-8,17H,2,5-6,9-13H2,1H3,(H,21,25). The summed E-state index contributed by atoms with van der Waals surface area (Å²) in [5.74, 6) is 0.957. The lowest BCUT2D eigenvalue weighted by atomic mass is 10.1. The zero-order valence-corrected chi connectivity index (χ0v) is 15.6. The topological polar surface area (TPSA) is 83.7 Å². The molecule has 2 aromatic rings. The van der Waals surface area contributed by atoms with Gasteiger partial charge in [0, 0.05) is 26.6 Å². The Kier molecular flexibility index (Phi) is 5.24. The quantitative estimate of drug-likeness (QED) is 0.893. The molecule has 2 aliphatic heterocycles. The minimum Gasteiger partial charge on any atom is -0.377 e. The SMILES string of the molecule is Cc1nc(C2COCCN2C(=O)Nc2ccccc2N2CCCCC2)no1. The molecule has 1 N–H and O–H groups in total. The number of benzene rings is 1. The number of aromatic nitrogens is 2. The number of rotatable bonds is 3. The molecule has 1 aromatic heterocycles. The lowest BCUT2D eigenvalue weighted by molar-refractivity contribution is 0.0110. The third kappa shape index (κ3) is 3.90. The Morgan fingerprint density at radius 1 is 1.19 bits per heavy atom. The fourth-order valence-corrected chi connectivity index (χ4v) is 3.69. The van der Waals surface area contributed by atoms with Crippen LogP contribution in [0.4, 0.5) is 16.2 Å². The van der Waals surface area contributed by atoms with Crippen molar-refractivity contribution in [2.75, 3.05) is 43.1 Å². The molecule has 0 spiro atoms. The van der Waals surface area contributed by atoms with E-state index in [4.69, 9.17) is 9.26 Å². The second kappa shape index (κ2) is 7.96. The zero-order chi connectivity index (χ0) is 18.6. The number of carbonyl (C=O) groups is 1. The molecule has 4 rings (SSSR count). The molecule has 3 heterocycles. The average molecular weight is 371 g/mol.